The Morgan fingerprint density at radius 2 is 1.77 bits per heavy atom. The molecule has 140 valence electrons. The molecular weight excluding hydrogens is 328 g/mol. The molecule has 0 unspecified atom stereocenters. The molecule has 3 fully saturated rings. The van der Waals surface area contributed by atoms with Crippen molar-refractivity contribution in [3.63, 3.8) is 0 Å². The lowest BCUT2D eigenvalue weighted by Crippen LogP contribution is -3.13. The second-order valence-electron chi connectivity index (χ2n) is 8.88. The number of carbonyl (C=O) groups is 2. The summed E-state index contributed by atoms with van der Waals surface area (Å²) in [7, 11) is 0. The first-order chi connectivity index (χ1) is 12.3. The molecule has 1 amide bonds. The molecule has 26 heavy (non-hydrogen) atoms. The molecule has 0 spiro atoms. The topological polar surface area (TPSA) is 51.1 Å². The number of hydrogen-bond donors (Lipinski definition) is 1. The maximum absolute atomic E-state index is 13.4. The number of piperazine rings is 1. The third-order valence-corrected chi connectivity index (χ3v) is 7.48. The minimum absolute atomic E-state index is 0.0239. The van der Waals surface area contributed by atoms with E-state index in [-0.39, 0.29) is 11.9 Å². The van der Waals surface area contributed by atoms with Gasteiger partial charge in [-0.1, -0.05) is 44.2 Å². The quantitative estimate of drug-likeness (QED) is 0.823. The summed E-state index contributed by atoms with van der Waals surface area (Å²) < 4.78 is 5.77. The number of nitrogens with one attached hydrogen (secondary N) is 1. The van der Waals surface area contributed by atoms with Crippen molar-refractivity contribution in [1.29, 1.82) is 0 Å². The highest BCUT2D eigenvalue weighted by molar-refractivity contribution is 5.96. The SMILES string of the molecule is CC1(C)[C@@]2(C)CC[C@@]1(C(=O)N1CC[NH+](Cc3ccccc3)CC1)OC2=O. The summed E-state index contributed by atoms with van der Waals surface area (Å²) in [5, 5.41) is 0. The van der Waals surface area contributed by atoms with E-state index in [1.807, 2.05) is 31.7 Å². The van der Waals surface area contributed by atoms with E-state index in [0.29, 0.717) is 6.42 Å². The van der Waals surface area contributed by atoms with Crippen molar-refractivity contribution in [2.75, 3.05) is 26.2 Å². The zero-order valence-corrected chi connectivity index (χ0v) is 16.0. The summed E-state index contributed by atoms with van der Waals surface area (Å²) in [5.41, 5.74) is -0.626. The van der Waals surface area contributed by atoms with Gasteiger partial charge in [-0.2, -0.15) is 0 Å². The fraction of sp³-hybridized carbons (Fsp3) is 0.619. The number of carbonyl (C=O) groups excluding carboxylic acids is 2. The fourth-order valence-corrected chi connectivity index (χ4v) is 5.06. The second-order valence-corrected chi connectivity index (χ2v) is 8.88. The van der Waals surface area contributed by atoms with E-state index in [2.05, 4.69) is 24.3 Å². The van der Waals surface area contributed by atoms with Crippen molar-refractivity contribution in [2.24, 2.45) is 10.8 Å². The maximum atomic E-state index is 13.4. The van der Waals surface area contributed by atoms with Crippen LogP contribution in [0.4, 0.5) is 0 Å². The highest BCUT2D eigenvalue weighted by Crippen LogP contribution is 2.65. The molecule has 1 aromatic carbocycles. The van der Waals surface area contributed by atoms with E-state index in [1.54, 1.807) is 0 Å². The summed E-state index contributed by atoms with van der Waals surface area (Å²) in [6.07, 6.45) is 1.39. The number of benzene rings is 1. The van der Waals surface area contributed by atoms with Crippen LogP contribution in [0.1, 0.15) is 39.2 Å². The first kappa shape index (κ1) is 17.5. The number of rotatable bonds is 3. The molecule has 0 radical (unpaired) electrons. The Kier molecular flexibility index (Phi) is 3.92. The molecule has 2 saturated heterocycles. The van der Waals surface area contributed by atoms with Crippen molar-refractivity contribution < 1.29 is 19.2 Å². The molecule has 2 atom stereocenters. The number of nitrogens with zero attached hydrogens (tertiary/aromatic N) is 1. The van der Waals surface area contributed by atoms with Gasteiger partial charge in [-0.15, -0.1) is 0 Å². The molecule has 4 rings (SSSR count). The lowest BCUT2D eigenvalue weighted by Gasteiger charge is -2.41. The Bertz CT molecular complexity index is 724. The van der Waals surface area contributed by atoms with Gasteiger partial charge in [-0.05, 0) is 19.8 Å². The van der Waals surface area contributed by atoms with Gasteiger partial charge in [0, 0.05) is 11.0 Å². The van der Waals surface area contributed by atoms with Gasteiger partial charge in [0.2, 0.25) is 0 Å². The van der Waals surface area contributed by atoms with E-state index in [4.69, 9.17) is 4.74 Å². The lowest BCUT2D eigenvalue weighted by atomic mass is 9.66. The number of ether oxygens (including phenoxy) is 1. The van der Waals surface area contributed by atoms with E-state index in [1.165, 1.54) is 10.5 Å². The number of hydrogen-bond acceptors (Lipinski definition) is 3. The van der Waals surface area contributed by atoms with Gasteiger partial charge in [0.1, 0.15) is 6.54 Å². The first-order valence-corrected chi connectivity index (χ1v) is 9.70. The maximum Gasteiger partial charge on any atom is 0.313 e. The normalized spacial score (nSPS) is 33.3. The molecule has 1 aromatic rings. The van der Waals surface area contributed by atoms with Gasteiger partial charge in [0.25, 0.3) is 5.91 Å². The van der Waals surface area contributed by atoms with Gasteiger partial charge in [0.05, 0.1) is 31.6 Å². The molecule has 3 aliphatic rings. The molecule has 5 nitrogen and oxygen atoms in total. The van der Waals surface area contributed by atoms with Crippen LogP contribution in [0.5, 0.6) is 0 Å². The fourth-order valence-electron chi connectivity index (χ4n) is 5.06. The third-order valence-electron chi connectivity index (χ3n) is 7.48. The van der Waals surface area contributed by atoms with Crippen LogP contribution in [0.15, 0.2) is 30.3 Å². The van der Waals surface area contributed by atoms with Gasteiger partial charge < -0.3 is 14.5 Å². The van der Waals surface area contributed by atoms with Gasteiger partial charge in [-0.3, -0.25) is 9.59 Å². The molecule has 2 bridgehead atoms. The van der Waals surface area contributed by atoms with Gasteiger partial charge in [0.15, 0.2) is 5.60 Å². The van der Waals surface area contributed by atoms with Crippen LogP contribution in [0.3, 0.4) is 0 Å². The van der Waals surface area contributed by atoms with E-state index < -0.39 is 16.4 Å². The first-order valence-electron chi connectivity index (χ1n) is 9.70. The molecule has 2 aliphatic heterocycles. The smallest absolute Gasteiger partial charge is 0.313 e. The van der Waals surface area contributed by atoms with E-state index in [0.717, 1.165) is 39.1 Å². The van der Waals surface area contributed by atoms with Crippen molar-refractivity contribution in [3.05, 3.63) is 35.9 Å². The highest BCUT2D eigenvalue weighted by atomic mass is 16.6. The summed E-state index contributed by atoms with van der Waals surface area (Å²) >= 11 is 0. The predicted octanol–water partition coefficient (Wildman–Crippen LogP) is 1.04. The van der Waals surface area contributed by atoms with Crippen LogP contribution in [0.25, 0.3) is 0 Å². The van der Waals surface area contributed by atoms with Crippen LogP contribution in [0.2, 0.25) is 0 Å². The molecule has 5 heteroatoms. The Labute approximate surface area is 155 Å². The van der Waals surface area contributed by atoms with Crippen molar-refractivity contribution in [3.8, 4) is 0 Å². The second kappa shape index (κ2) is 5.81. The molecule has 2 heterocycles. The van der Waals surface area contributed by atoms with Gasteiger partial charge in [-0.25, -0.2) is 0 Å². The lowest BCUT2D eigenvalue weighted by molar-refractivity contribution is -0.917. The zero-order valence-electron chi connectivity index (χ0n) is 16.0. The van der Waals surface area contributed by atoms with Gasteiger partial charge >= 0.3 is 5.97 Å². The van der Waals surface area contributed by atoms with Crippen LogP contribution in [0, 0.1) is 10.8 Å². The number of amides is 1. The van der Waals surface area contributed by atoms with Crippen molar-refractivity contribution in [1.82, 2.24) is 4.90 Å². The average Bonchev–Trinajstić information content (AvgIpc) is 2.93. The number of fused-ring (bicyclic) bond motifs is 2. The minimum Gasteiger partial charge on any atom is -0.448 e. The number of esters is 1. The molecule has 1 N–H and O–H groups in total. The van der Waals surface area contributed by atoms with Crippen LogP contribution in [-0.4, -0.2) is 48.6 Å². The molecule has 1 saturated carbocycles. The summed E-state index contributed by atoms with van der Waals surface area (Å²) in [4.78, 5) is 29.2. The predicted molar refractivity (Wildman–Crippen MR) is 97.4 cm³/mol. The minimum atomic E-state index is -0.963. The highest BCUT2D eigenvalue weighted by Gasteiger charge is 2.76. The monoisotopic (exact) mass is 357 g/mol. The van der Waals surface area contributed by atoms with E-state index >= 15 is 0 Å². The number of quaternary nitrogens is 1. The van der Waals surface area contributed by atoms with Crippen molar-refractivity contribution in [2.45, 2.75) is 45.8 Å². The summed E-state index contributed by atoms with van der Waals surface area (Å²) in [6.45, 7) is 10.3. The van der Waals surface area contributed by atoms with Crippen LogP contribution in [-0.2, 0) is 20.9 Å². The Morgan fingerprint density at radius 1 is 1.12 bits per heavy atom. The average molecular weight is 357 g/mol. The Morgan fingerprint density at radius 3 is 2.31 bits per heavy atom. The summed E-state index contributed by atoms with van der Waals surface area (Å²) in [5.74, 6) is -0.175. The van der Waals surface area contributed by atoms with E-state index in [9.17, 15) is 9.59 Å². The largest absolute Gasteiger partial charge is 0.448 e. The van der Waals surface area contributed by atoms with Crippen LogP contribution < -0.4 is 4.90 Å². The zero-order chi connectivity index (χ0) is 18.6. The Hall–Kier alpha value is -1.88. The molecule has 0 aromatic heterocycles. The van der Waals surface area contributed by atoms with Crippen LogP contribution >= 0.6 is 0 Å². The van der Waals surface area contributed by atoms with Crippen molar-refractivity contribution >= 4 is 11.9 Å². The summed E-state index contributed by atoms with van der Waals surface area (Å²) in [6, 6.07) is 10.5. The molecular formula is C21H29N2O3+. The molecule has 1 aliphatic carbocycles. The standard InChI is InChI=1S/C21H28N2O3/c1-19(2)20(3)9-10-21(19,26-18(20)25)17(24)23-13-11-22(12-14-23)15-16-7-5-4-6-8-16/h4-8H,9-15H2,1-3H3/p+1/t20-,21-/m0/s1. The Balaban J connectivity index is 1.44. The third kappa shape index (κ3) is 2.26.